The van der Waals surface area contributed by atoms with Gasteiger partial charge in [-0.1, -0.05) is 27.7 Å². The van der Waals surface area contributed by atoms with Crippen LogP contribution in [0, 0.1) is 11.8 Å². The summed E-state index contributed by atoms with van der Waals surface area (Å²) in [5, 5.41) is 39.9. The quantitative estimate of drug-likeness (QED) is 0.0578. The van der Waals surface area contributed by atoms with Crippen LogP contribution in [0.15, 0.2) is 0 Å². The molecule has 12 N–H and O–H groups in total. The first-order chi connectivity index (χ1) is 22.8. The van der Waals surface area contributed by atoms with Crippen LogP contribution in [0.5, 0.6) is 0 Å². The van der Waals surface area contributed by atoms with Gasteiger partial charge in [0.25, 0.3) is 0 Å². The minimum Gasteiger partial charge on any atom is -0.480 e. The maximum Gasteiger partial charge on any atom is 0.328 e. The molecule has 0 aliphatic carbocycles. The van der Waals surface area contributed by atoms with Crippen molar-refractivity contribution in [3.8, 4) is 0 Å². The number of nitrogens with two attached hydrogens (primary N) is 2. The number of carbonyl (C=O) groups is 8. The fourth-order valence-electron chi connectivity index (χ4n) is 5.10. The number of nitrogens with zero attached hydrogens (tertiary/aromatic N) is 1. The van der Waals surface area contributed by atoms with Crippen molar-refractivity contribution in [1.82, 2.24) is 31.5 Å². The Morgan fingerprint density at radius 3 is 1.76 bits per heavy atom. The van der Waals surface area contributed by atoms with E-state index in [9.17, 15) is 53.7 Å². The minimum atomic E-state index is -1.65. The summed E-state index contributed by atoms with van der Waals surface area (Å²) >= 11 is 0. The van der Waals surface area contributed by atoms with Crippen LogP contribution in [0.2, 0.25) is 0 Å². The zero-order valence-electron chi connectivity index (χ0n) is 28.6. The van der Waals surface area contributed by atoms with Gasteiger partial charge < -0.3 is 58.3 Å². The van der Waals surface area contributed by atoms with Crippen molar-refractivity contribution in [2.24, 2.45) is 23.3 Å². The van der Waals surface area contributed by atoms with Crippen molar-refractivity contribution in [3.05, 3.63) is 0 Å². The van der Waals surface area contributed by atoms with Crippen LogP contribution in [0.3, 0.4) is 0 Å². The number of hydrogen-bond donors (Lipinski definition) is 10. The molecule has 1 rings (SSSR count). The van der Waals surface area contributed by atoms with E-state index < -0.39 is 109 Å². The molecule has 278 valence electrons. The van der Waals surface area contributed by atoms with Gasteiger partial charge in [0.1, 0.15) is 36.3 Å². The fraction of sp³-hybridized carbons (Fsp3) is 0.733. The molecule has 1 aliphatic heterocycles. The van der Waals surface area contributed by atoms with Gasteiger partial charge in [0.05, 0.1) is 25.7 Å². The smallest absolute Gasteiger partial charge is 0.328 e. The summed E-state index contributed by atoms with van der Waals surface area (Å²) in [6.45, 7) is 6.91. The van der Waals surface area contributed by atoms with Gasteiger partial charge in [-0.2, -0.15) is 0 Å². The standard InChI is InChI=1S/C30H52N8O11/c1-14(2)9-17(31)25(43)33-16(5)24(42)36-20(12-39)27(45)34-18(11-23(32)41)26(44)35-19(10-15(3)4)29(47)38-8-6-7-22(38)28(46)37-21(13-40)30(48)49/h14-22,39-40H,6-13,31H2,1-5H3,(H2,32,41)(H,33,43)(H,34,45)(H,35,44)(H,36,42)(H,37,46)(H,48,49)/t16-,17-,18-,19-,20-,21-,22-/m0/s1. The van der Waals surface area contributed by atoms with Gasteiger partial charge in [-0.25, -0.2) is 4.79 Å². The van der Waals surface area contributed by atoms with Gasteiger partial charge in [-0.15, -0.1) is 0 Å². The summed E-state index contributed by atoms with van der Waals surface area (Å²) < 4.78 is 0. The average Bonchev–Trinajstić information content (AvgIpc) is 3.50. The summed E-state index contributed by atoms with van der Waals surface area (Å²) in [4.78, 5) is 102. The molecule has 0 radical (unpaired) electrons. The molecule has 1 aliphatic rings. The number of carbonyl (C=O) groups excluding carboxylic acids is 7. The normalized spacial score (nSPS) is 18.0. The summed E-state index contributed by atoms with van der Waals surface area (Å²) in [6.07, 6.45) is 0.296. The number of aliphatic hydroxyl groups excluding tert-OH is 2. The number of nitrogens with one attached hydrogen (secondary N) is 5. The molecular formula is C30H52N8O11. The maximum atomic E-state index is 13.7. The second kappa shape index (κ2) is 20.2. The van der Waals surface area contributed by atoms with E-state index in [2.05, 4.69) is 26.6 Å². The second-order valence-corrected chi connectivity index (χ2v) is 12.9. The van der Waals surface area contributed by atoms with Crippen molar-refractivity contribution in [2.75, 3.05) is 19.8 Å². The SMILES string of the molecule is CC(C)C[C@H](NC(=O)[C@H](CC(N)=O)NC(=O)[C@H](CO)NC(=O)[C@H](C)NC(=O)[C@@H](N)CC(C)C)C(=O)N1CCC[C@H]1C(=O)N[C@@H](CO)C(=O)O. The first kappa shape index (κ1) is 42.7. The van der Waals surface area contributed by atoms with Crippen LogP contribution >= 0.6 is 0 Å². The molecule has 19 heteroatoms. The predicted molar refractivity (Wildman–Crippen MR) is 173 cm³/mol. The Morgan fingerprint density at radius 2 is 1.24 bits per heavy atom. The molecule has 1 saturated heterocycles. The number of hydrogen-bond acceptors (Lipinski definition) is 11. The lowest BCUT2D eigenvalue weighted by Crippen LogP contribution is -2.60. The fourth-order valence-corrected chi connectivity index (χ4v) is 5.10. The lowest BCUT2D eigenvalue weighted by Gasteiger charge is -2.31. The molecule has 1 heterocycles. The van der Waals surface area contributed by atoms with E-state index in [-0.39, 0.29) is 31.2 Å². The van der Waals surface area contributed by atoms with Crippen molar-refractivity contribution in [3.63, 3.8) is 0 Å². The molecule has 0 saturated carbocycles. The molecule has 19 nitrogen and oxygen atoms in total. The number of rotatable bonds is 20. The Kier molecular flexibility index (Phi) is 17.6. The lowest BCUT2D eigenvalue weighted by atomic mass is 10.0. The van der Waals surface area contributed by atoms with Crippen LogP contribution < -0.4 is 38.1 Å². The number of primary amides is 1. The number of carboxylic acid groups (broad SMARTS) is 1. The Labute approximate surface area is 284 Å². The van der Waals surface area contributed by atoms with Crippen molar-refractivity contribution in [2.45, 2.75) is 109 Å². The van der Waals surface area contributed by atoms with Gasteiger partial charge in [0, 0.05) is 6.54 Å². The highest BCUT2D eigenvalue weighted by molar-refractivity contribution is 5.98. The highest BCUT2D eigenvalue weighted by Gasteiger charge is 2.40. The number of aliphatic carboxylic acids is 1. The average molecular weight is 701 g/mol. The van der Waals surface area contributed by atoms with Gasteiger partial charge in [-0.3, -0.25) is 33.6 Å². The molecular weight excluding hydrogens is 648 g/mol. The Hall–Kier alpha value is -4.36. The van der Waals surface area contributed by atoms with Crippen molar-refractivity contribution in [1.29, 1.82) is 0 Å². The zero-order valence-corrected chi connectivity index (χ0v) is 28.6. The molecule has 0 spiro atoms. The summed E-state index contributed by atoms with van der Waals surface area (Å²) in [5.74, 6) is -7.52. The highest BCUT2D eigenvalue weighted by Crippen LogP contribution is 2.21. The maximum absolute atomic E-state index is 13.7. The van der Waals surface area contributed by atoms with E-state index in [1.165, 1.54) is 11.8 Å². The number of carboxylic acids is 1. The Bertz CT molecular complexity index is 1210. The molecule has 0 unspecified atom stereocenters. The van der Waals surface area contributed by atoms with E-state index in [4.69, 9.17) is 11.5 Å². The zero-order chi connectivity index (χ0) is 37.6. The first-order valence-corrected chi connectivity index (χ1v) is 16.1. The molecule has 49 heavy (non-hydrogen) atoms. The van der Waals surface area contributed by atoms with Gasteiger partial charge in [0.2, 0.25) is 41.4 Å². The minimum absolute atomic E-state index is 0.0702. The van der Waals surface area contributed by atoms with E-state index in [0.717, 1.165) is 0 Å². The van der Waals surface area contributed by atoms with Crippen LogP contribution in [0.4, 0.5) is 0 Å². The monoisotopic (exact) mass is 700 g/mol. The molecule has 7 amide bonds. The molecule has 0 aromatic carbocycles. The van der Waals surface area contributed by atoms with Crippen molar-refractivity contribution >= 4 is 47.3 Å². The van der Waals surface area contributed by atoms with Gasteiger partial charge in [-0.05, 0) is 44.4 Å². The van der Waals surface area contributed by atoms with Crippen molar-refractivity contribution < 1.29 is 53.7 Å². The largest absolute Gasteiger partial charge is 0.480 e. The first-order valence-electron chi connectivity index (χ1n) is 16.1. The van der Waals surface area contributed by atoms with E-state index >= 15 is 0 Å². The highest BCUT2D eigenvalue weighted by atomic mass is 16.4. The van der Waals surface area contributed by atoms with Gasteiger partial charge in [0.15, 0.2) is 0 Å². The van der Waals surface area contributed by atoms with E-state index in [0.29, 0.717) is 12.8 Å². The number of aliphatic hydroxyl groups is 2. The molecule has 0 bridgehead atoms. The van der Waals surface area contributed by atoms with Gasteiger partial charge >= 0.3 is 5.97 Å². The second-order valence-electron chi connectivity index (χ2n) is 12.9. The molecule has 0 aromatic heterocycles. The summed E-state index contributed by atoms with van der Waals surface area (Å²) in [5.41, 5.74) is 11.2. The lowest BCUT2D eigenvalue weighted by molar-refractivity contribution is -0.145. The van der Waals surface area contributed by atoms with Crippen LogP contribution in [-0.4, -0.2) is 130 Å². The number of amides is 7. The molecule has 1 fully saturated rings. The van der Waals surface area contributed by atoms with Crippen LogP contribution in [0.1, 0.15) is 66.7 Å². The predicted octanol–water partition coefficient (Wildman–Crippen LogP) is -4.21. The van der Waals surface area contributed by atoms with Crippen LogP contribution in [-0.2, 0) is 38.4 Å². The Balaban J connectivity index is 3.08. The molecule has 0 aromatic rings. The third-order valence-corrected chi connectivity index (χ3v) is 7.63. The molecule has 7 atom stereocenters. The van der Waals surface area contributed by atoms with E-state index in [1.54, 1.807) is 13.8 Å². The summed E-state index contributed by atoms with van der Waals surface area (Å²) in [7, 11) is 0. The third kappa shape index (κ3) is 14.0. The third-order valence-electron chi connectivity index (χ3n) is 7.63. The van der Waals surface area contributed by atoms with Crippen LogP contribution in [0.25, 0.3) is 0 Å². The topological polar surface area (TPSA) is 313 Å². The van der Waals surface area contributed by atoms with E-state index in [1.807, 2.05) is 13.8 Å². The number of likely N-dealkylation sites (tertiary alicyclic amines) is 1. The summed E-state index contributed by atoms with van der Waals surface area (Å²) in [6, 6.07) is -9.22. The Morgan fingerprint density at radius 1 is 0.714 bits per heavy atom.